The number of hydrogen-bond donors (Lipinski definition) is 2. The number of nitrogens with one attached hydrogen (secondary N) is 2. The smallest absolute Gasteiger partial charge is 0.191 e. The predicted octanol–water partition coefficient (Wildman–Crippen LogP) is 3.49. The normalized spacial score (nSPS) is 16.2. The van der Waals surface area contributed by atoms with Crippen molar-refractivity contribution in [1.82, 2.24) is 15.5 Å². The molecule has 1 aliphatic rings. The highest BCUT2D eigenvalue weighted by molar-refractivity contribution is 14.0. The predicted molar refractivity (Wildman–Crippen MR) is 119 cm³/mol. The Hall–Kier alpha value is -0.540. The number of hydrogen-bond acceptors (Lipinski definition) is 3. The Labute approximate surface area is 177 Å². The van der Waals surface area contributed by atoms with E-state index in [2.05, 4.69) is 43.4 Å². The minimum absolute atomic E-state index is 0. The number of ether oxygens (including phenoxy) is 1. The number of guanidine groups is 1. The highest BCUT2D eigenvalue weighted by Crippen LogP contribution is 2.17. The number of nitrogens with zero attached hydrogens (tertiary/aromatic N) is 2. The maximum Gasteiger partial charge on any atom is 0.191 e. The van der Waals surface area contributed by atoms with Gasteiger partial charge in [-0.3, -0.25) is 4.99 Å². The van der Waals surface area contributed by atoms with Crippen LogP contribution in [0.3, 0.4) is 0 Å². The first-order valence-electron chi connectivity index (χ1n) is 8.79. The average Bonchev–Trinajstić information content (AvgIpc) is 2.59. The van der Waals surface area contributed by atoms with Crippen LogP contribution in [0, 0.1) is 0 Å². The molecule has 1 heterocycles. The lowest BCUT2D eigenvalue weighted by Crippen LogP contribution is -2.49. The van der Waals surface area contributed by atoms with Gasteiger partial charge in [0.2, 0.25) is 0 Å². The second-order valence-corrected chi connectivity index (χ2v) is 6.98. The van der Waals surface area contributed by atoms with Crippen LogP contribution in [0.5, 0.6) is 5.75 Å². The van der Waals surface area contributed by atoms with Crippen molar-refractivity contribution in [3.63, 3.8) is 0 Å². The SMILES string of the molecule is CCCN1CCC(NC(=NC)NCCOc2cccc(Br)c2)CC1.I. The van der Waals surface area contributed by atoms with E-state index in [0.29, 0.717) is 12.6 Å². The zero-order valence-corrected chi connectivity index (χ0v) is 19.0. The largest absolute Gasteiger partial charge is 0.492 e. The molecular formula is C18H30BrIN4O. The first kappa shape index (κ1) is 22.5. The Balaban J connectivity index is 0.00000312. The molecule has 7 heteroatoms. The second kappa shape index (κ2) is 12.8. The molecule has 2 rings (SSSR count). The molecular weight excluding hydrogens is 495 g/mol. The van der Waals surface area contributed by atoms with Crippen molar-refractivity contribution in [2.24, 2.45) is 4.99 Å². The van der Waals surface area contributed by atoms with E-state index >= 15 is 0 Å². The summed E-state index contributed by atoms with van der Waals surface area (Å²) in [6.45, 7) is 7.13. The molecule has 5 nitrogen and oxygen atoms in total. The molecule has 0 aromatic heterocycles. The van der Waals surface area contributed by atoms with Crippen molar-refractivity contribution in [3.05, 3.63) is 28.7 Å². The molecule has 0 radical (unpaired) electrons. The summed E-state index contributed by atoms with van der Waals surface area (Å²) >= 11 is 3.45. The lowest BCUT2D eigenvalue weighted by Gasteiger charge is -2.32. The molecule has 2 N–H and O–H groups in total. The monoisotopic (exact) mass is 524 g/mol. The van der Waals surface area contributed by atoms with Crippen LogP contribution < -0.4 is 15.4 Å². The minimum atomic E-state index is 0. The molecule has 1 aromatic carbocycles. The minimum Gasteiger partial charge on any atom is -0.492 e. The lowest BCUT2D eigenvalue weighted by molar-refractivity contribution is 0.206. The fourth-order valence-electron chi connectivity index (χ4n) is 2.90. The summed E-state index contributed by atoms with van der Waals surface area (Å²) < 4.78 is 6.76. The van der Waals surface area contributed by atoms with Gasteiger partial charge in [0.15, 0.2) is 5.96 Å². The Morgan fingerprint density at radius 1 is 1.36 bits per heavy atom. The van der Waals surface area contributed by atoms with E-state index in [1.165, 1.54) is 38.9 Å². The van der Waals surface area contributed by atoms with Crippen molar-refractivity contribution in [3.8, 4) is 5.75 Å². The Bertz CT molecular complexity index is 522. The maximum atomic E-state index is 5.73. The van der Waals surface area contributed by atoms with Crippen molar-refractivity contribution >= 4 is 45.9 Å². The van der Waals surface area contributed by atoms with Crippen molar-refractivity contribution in [1.29, 1.82) is 0 Å². The summed E-state index contributed by atoms with van der Waals surface area (Å²) in [5.41, 5.74) is 0. The molecule has 1 aromatic rings. The molecule has 25 heavy (non-hydrogen) atoms. The van der Waals surface area contributed by atoms with Gasteiger partial charge < -0.3 is 20.3 Å². The van der Waals surface area contributed by atoms with Gasteiger partial charge in [0, 0.05) is 30.7 Å². The third-order valence-corrected chi connectivity index (χ3v) is 4.64. The van der Waals surface area contributed by atoms with Crippen LogP contribution in [0.2, 0.25) is 0 Å². The average molecular weight is 525 g/mol. The molecule has 1 saturated heterocycles. The third-order valence-electron chi connectivity index (χ3n) is 4.15. The second-order valence-electron chi connectivity index (χ2n) is 6.07. The quantitative estimate of drug-likeness (QED) is 0.248. The van der Waals surface area contributed by atoms with Crippen LogP contribution in [0.25, 0.3) is 0 Å². The number of halogens is 2. The van der Waals surface area contributed by atoms with Gasteiger partial charge in [-0.2, -0.15) is 0 Å². The first-order valence-corrected chi connectivity index (χ1v) is 9.58. The van der Waals surface area contributed by atoms with Gasteiger partial charge in [-0.25, -0.2) is 0 Å². The summed E-state index contributed by atoms with van der Waals surface area (Å²) in [6.07, 6.45) is 3.59. The Morgan fingerprint density at radius 2 is 2.12 bits per heavy atom. The first-order chi connectivity index (χ1) is 11.7. The Morgan fingerprint density at radius 3 is 2.76 bits per heavy atom. The molecule has 0 amide bonds. The van der Waals surface area contributed by atoms with Crippen molar-refractivity contribution < 1.29 is 4.74 Å². The van der Waals surface area contributed by atoms with E-state index in [1.54, 1.807) is 0 Å². The summed E-state index contributed by atoms with van der Waals surface area (Å²) in [5.74, 6) is 1.74. The van der Waals surface area contributed by atoms with E-state index in [9.17, 15) is 0 Å². The number of piperidine rings is 1. The molecule has 0 spiro atoms. The fraction of sp³-hybridized carbons (Fsp3) is 0.611. The van der Waals surface area contributed by atoms with Crippen LogP contribution in [0.15, 0.2) is 33.7 Å². The van der Waals surface area contributed by atoms with Crippen LogP contribution in [0.1, 0.15) is 26.2 Å². The van der Waals surface area contributed by atoms with E-state index in [0.717, 1.165) is 22.7 Å². The van der Waals surface area contributed by atoms with Crippen LogP contribution in [-0.4, -0.2) is 56.7 Å². The van der Waals surface area contributed by atoms with Crippen LogP contribution in [-0.2, 0) is 0 Å². The standard InChI is InChI=1S/C18H29BrN4O.HI/c1-3-10-23-11-7-16(8-12-23)22-18(20-2)21-9-13-24-17-6-4-5-15(19)14-17;/h4-6,14,16H,3,7-13H2,1-2H3,(H2,20,21,22);1H. The van der Waals surface area contributed by atoms with E-state index < -0.39 is 0 Å². The number of likely N-dealkylation sites (tertiary alicyclic amines) is 1. The van der Waals surface area contributed by atoms with Crippen molar-refractivity contribution in [2.75, 3.05) is 39.8 Å². The molecule has 1 fully saturated rings. The highest BCUT2D eigenvalue weighted by atomic mass is 127. The molecule has 0 saturated carbocycles. The summed E-state index contributed by atoms with van der Waals surface area (Å²) in [5, 5.41) is 6.85. The van der Waals surface area contributed by atoms with Crippen LogP contribution >= 0.6 is 39.9 Å². The topological polar surface area (TPSA) is 48.9 Å². The molecule has 142 valence electrons. The summed E-state index contributed by atoms with van der Waals surface area (Å²) in [7, 11) is 1.82. The molecule has 0 bridgehead atoms. The highest BCUT2D eigenvalue weighted by Gasteiger charge is 2.19. The number of rotatable bonds is 7. The van der Waals surface area contributed by atoms with Gasteiger partial charge in [0.1, 0.15) is 12.4 Å². The third kappa shape index (κ3) is 8.59. The van der Waals surface area contributed by atoms with Crippen LogP contribution in [0.4, 0.5) is 0 Å². The zero-order chi connectivity index (χ0) is 17.2. The lowest BCUT2D eigenvalue weighted by atomic mass is 10.1. The van der Waals surface area contributed by atoms with Gasteiger partial charge in [0.25, 0.3) is 0 Å². The molecule has 0 atom stereocenters. The number of aliphatic imine (C=N–C) groups is 1. The van der Waals surface area contributed by atoms with E-state index in [-0.39, 0.29) is 24.0 Å². The van der Waals surface area contributed by atoms with Gasteiger partial charge in [-0.1, -0.05) is 28.9 Å². The Kier molecular flexibility index (Phi) is 11.5. The zero-order valence-electron chi connectivity index (χ0n) is 15.1. The maximum absolute atomic E-state index is 5.73. The molecule has 0 aliphatic carbocycles. The van der Waals surface area contributed by atoms with Gasteiger partial charge in [0.05, 0.1) is 6.54 Å². The van der Waals surface area contributed by atoms with Crippen molar-refractivity contribution in [2.45, 2.75) is 32.2 Å². The fourth-order valence-corrected chi connectivity index (χ4v) is 3.28. The van der Waals surface area contributed by atoms with Gasteiger partial charge >= 0.3 is 0 Å². The van der Waals surface area contributed by atoms with Gasteiger partial charge in [-0.15, -0.1) is 24.0 Å². The van der Waals surface area contributed by atoms with E-state index in [1.807, 2.05) is 31.3 Å². The van der Waals surface area contributed by atoms with E-state index in [4.69, 9.17) is 4.74 Å². The number of benzene rings is 1. The van der Waals surface area contributed by atoms with Gasteiger partial charge in [-0.05, 0) is 44.0 Å². The molecule has 0 unspecified atom stereocenters. The summed E-state index contributed by atoms with van der Waals surface area (Å²) in [4.78, 5) is 6.86. The summed E-state index contributed by atoms with van der Waals surface area (Å²) in [6, 6.07) is 8.40. The molecule has 1 aliphatic heterocycles.